The second-order valence-electron chi connectivity index (χ2n) is 5.09. The summed E-state index contributed by atoms with van der Waals surface area (Å²) in [6.07, 6.45) is 1.87. The van der Waals surface area contributed by atoms with Crippen molar-refractivity contribution in [1.82, 2.24) is 15.0 Å². The van der Waals surface area contributed by atoms with Crippen molar-refractivity contribution in [3.8, 4) is 11.3 Å². The maximum atomic E-state index is 10.6. The fraction of sp³-hybridized carbons (Fsp3) is 0.125. The molecule has 110 valence electrons. The lowest BCUT2D eigenvalue weighted by atomic mass is 10.1. The van der Waals surface area contributed by atoms with Gasteiger partial charge in [0.1, 0.15) is 5.69 Å². The summed E-state index contributed by atoms with van der Waals surface area (Å²) in [6, 6.07) is 14.5. The number of hydrogen-bond acceptors (Lipinski definition) is 4. The van der Waals surface area contributed by atoms with Crippen LogP contribution in [0.5, 0.6) is 0 Å². The number of benzene rings is 2. The highest BCUT2D eigenvalue weighted by molar-refractivity contribution is 5.57. The van der Waals surface area contributed by atoms with Gasteiger partial charge in [-0.3, -0.25) is 10.1 Å². The van der Waals surface area contributed by atoms with Gasteiger partial charge >= 0.3 is 0 Å². The van der Waals surface area contributed by atoms with Crippen LogP contribution in [0.4, 0.5) is 5.69 Å². The molecule has 6 heteroatoms. The van der Waals surface area contributed by atoms with Gasteiger partial charge in [0, 0.05) is 17.7 Å². The van der Waals surface area contributed by atoms with Crippen molar-refractivity contribution < 1.29 is 4.92 Å². The molecule has 0 aliphatic rings. The van der Waals surface area contributed by atoms with Crippen LogP contribution in [0.1, 0.15) is 11.1 Å². The van der Waals surface area contributed by atoms with E-state index in [1.807, 2.05) is 37.4 Å². The van der Waals surface area contributed by atoms with Crippen molar-refractivity contribution in [2.75, 3.05) is 0 Å². The van der Waals surface area contributed by atoms with E-state index in [1.165, 1.54) is 17.7 Å². The summed E-state index contributed by atoms with van der Waals surface area (Å²) in [5, 5.41) is 18.9. The van der Waals surface area contributed by atoms with Gasteiger partial charge in [0.2, 0.25) is 0 Å². The van der Waals surface area contributed by atoms with Gasteiger partial charge in [0.15, 0.2) is 0 Å². The van der Waals surface area contributed by atoms with Crippen LogP contribution < -0.4 is 0 Å². The van der Waals surface area contributed by atoms with Crippen molar-refractivity contribution in [3.63, 3.8) is 0 Å². The molecule has 0 radical (unpaired) electrons. The minimum Gasteiger partial charge on any atom is -0.258 e. The fourth-order valence-electron chi connectivity index (χ4n) is 2.14. The van der Waals surface area contributed by atoms with Crippen LogP contribution in [-0.2, 0) is 6.54 Å². The topological polar surface area (TPSA) is 73.8 Å². The molecule has 1 aromatic heterocycles. The maximum Gasteiger partial charge on any atom is 0.269 e. The average Bonchev–Trinajstić information content (AvgIpc) is 2.97. The lowest BCUT2D eigenvalue weighted by molar-refractivity contribution is -0.384. The minimum atomic E-state index is -0.408. The van der Waals surface area contributed by atoms with Crippen LogP contribution in [0, 0.1) is 17.0 Å². The summed E-state index contributed by atoms with van der Waals surface area (Å²) < 4.78 is 1.72. The molecule has 0 amide bonds. The predicted molar refractivity (Wildman–Crippen MR) is 82.4 cm³/mol. The highest BCUT2D eigenvalue weighted by atomic mass is 16.6. The van der Waals surface area contributed by atoms with Gasteiger partial charge in [-0.2, -0.15) is 0 Å². The molecular weight excluding hydrogens is 280 g/mol. The minimum absolute atomic E-state index is 0.0858. The quantitative estimate of drug-likeness (QED) is 0.547. The SMILES string of the molecule is Cc1ccc(-c2cn(Cc3ccc([N+](=O)[O-])cc3)nn2)cc1. The van der Waals surface area contributed by atoms with E-state index in [0.717, 1.165) is 16.8 Å². The van der Waals surface area contributed by atoms with Crippen molar-refractivity contribution in [2.24, 2.45) is 0 Å². The number of hydrogen-bond donors (Lipinski definition) is 0. The summed E-state index contributed by atoms with van der Waals surface area (Å²) in [5.41, 5.74) is 4.04. The third kappa shape index (κ3) is 3.01. The molecule has 0 saturated carbocycles. The standard InChI is InChI=1S/C16H14N4O2/c1-12-2-6-14(7-3-12)16-11-19(18-17-16)10-13-4-8-15(9-5-13)20(21)22/h2-9,11H,10H2,1H3. The summed E-state index contributed by atoms with van der Waals surface area (Å²) in [5.74, 6) is 0. The maximum absolute atomic E-state index is 10.6. The zero-order chi connectivity index (χ0) is 15.5. The molecule has 3 rings (SSSR count). The van der Waals surface area contributed by atoms with E-state index in [4.69, 9.17) is 0 Å². The molecular formula is C16H14N4O2. The van der Waals surface area contributed by atoms with E-state index in [2.05, 4.69) is 10.3 Å². The van der Waals surface area contributed by atoms with Gasteiger partial charge in [0.05, 0.1) is 17.7 Å². The molecule has 0 fully saturated rings. The summed E-state index contributed by atoms with van der Waals surface area (Å²) in [7, 11) is 0. The van der Waals surface area contributed by atoms with E-state index < -0.39 is 4.92 Å². The number of non-ortho nitro benzene ring substituents is 1. The van der Waals surface area contributed by atoms with Crippen LogP contribution in [0.25, 0.3) is 11.3 Å². The first kappa shape index (κ1) is 13.9. The van der Waals surface area contributed by atoms with E-state index in [-0.39, 0.29) is 5.69 Å². The molecule has 0 N–H and O–H groups in total. The molecule has 0 aliphatic heterocycles. The monoisotopic (exact) mass is 294 g/mol. The molecule has 22 heavy (non-hydrogen) atoms. The number of nitro benzene ring substituents is 1. The van der Waals surface area contributed by atoms with E-state index in [9.17, 15) is 10.1 Å². The van der Waals surface area contributed by atoms with E-state index >= 15 is 0 Å². The zero-order valence-electron chi connectivity index (χ0n) is 12.0. The lowest BCUT2D eigenvalue weighted by Crippen LogP contribution is -2.00. The second kappa shape index (κ2) is 5.77. The van der Waals surface area contributed by atoms with E-state index in [0.29, 0.717) is 6.54 Å². The number of aryl methyl sites for hydroxylation is 1. The Morgan fingerprint density at radius 3 is 2.41 bits per heavy atom. The molecule has 0 saturated heterocycles. The number of nitrogens with zero attached hydrogens (tertiary/aromatic N) is 4. The zero-order valence-corrected chi connectivity index (χ0v) is 12.0. The van der Waals surface area contributed by atoms with Crippen LogP contribution in [0.2, 0.25) is 0 Å². The Kier molecular flexibility index (Phi) is 3.65. The van der Waals surface area contributed by atoms with Crippen molar-refractivity contribution in [1.29, 1.82) is 0 Å². The summed E-state index contributed by atoms with van der Waals surface area (Å²) in [4.78, 5) is 10.2. The van der Waals surface area contributed by atoms with Gasteiger partial charge in [0.25, 0.3) is 5.69 Å². The molecule has 2 aromatic carbocycles. The van der Waals surface area contributed by atoms with Crippen molar-refractivity contribution in [3.05, 3.63) is 76.0 Å². The normalized spacial score (nSPS) is 10.6. The lowest BCUT2D eigenvalue weighted by Gasteiger charge is -2.00. The van der Waals surface area contributed by atoms with Gasteiger partial charge in [-0.05, 0) is 12.5 Å². The van der Waals surface area contributed by atoms with Gasteiger partial charge in [-0.25, -0.2) is 4.68 Å². The molecule has 3 aromatic rings. The second-order valence-corrected chi connectivity index (χ2v) is 5.09. The molecule has 0 unspecified atom stereocenters. The van der Waals surface area contributed by atoms with Crippen LogP contribution in [0.3, 0.4) is 0 Å². The Morgan fingerprint density at radius 2 is 1.77 bits per heavy atom. The molecule has 0 bridgehead atoms. The predicted octanol–water partition coefficient (Wildman–Crippen LogP) is 3.21. The van der Waals surface area contributed by atoms with Crippen LogP contribution >= 0.6 is 0 Å². The summed E-state index contributed by atoms with van der Waals surface area (Å²) in [6.45, 7) is 2.56. The van der Waals surface area contributed by atoms with Crippen molar-refractivity contribution in [2.45, 2.75) is 13.5 Å². The number of aromatic nitrogens is 3. The van der Waals surface area contributed by atoms with E-state index in [1.54, 1.807) is 16.8 Å². The first-order chi connectivity index (χ1) is 10.6. The largest absolute Gasteiger partial charge is 0.269 e. The molecule has 0 atom stereocenters. The molecule has 6 nitrogen and oxygen atoms in total. The smallest absolute Gasteiger partial charge is 0.258 e. The van der Waals surface area contributed by atoms with Crippen LogP contribution in [-0.4, -0.2) is 19.9 Å². The summed E-state index contributed by atoms with van der Waals surface area (Å²) >= 11 is 0. The van der Waals surface area contributed by atoms with Crippen molar-refractivity contribution >= 4 is 5.69 Å². The first-order valence-electron chi connectivity index (χ1n) is 6.82. The Balaban J connectivity index is 1.76. The Labute approximate surface area is 127 Å². The Bertz CT molecular complexity index is 792. The number of rotatable bonds is 4. The fourth-order valence-corrected chi connectivity index (χ4v) is 2.14. The molecule has 0 spiro atoms. The van der Waals surface area contributed by atoms with Crippen LogP contribution in [0.15, 0.2) is 54.7 Å². The van der Waals surface area contributed by atoms with Gasteiger partial charge < -0.3 is 0 Å². The van der Waals surface area contributed by atoms with Gasteiger partial charge in [-0.15, -0.1) is 5.10 Å². The molecule has 1 heterocycles. The average molecular weight is 294 g/mol. The Morgan fingerprint density at radius 1 is 1.09 bits per heavy atom. The highest BCUT2D eigenvalue weighted by Crippen LogP contribution is 2.17. The third-order valence-corrected chi connectivity index (χ3v) is 3.38. The highest BCUT2D eigenvalue weighted by Gasteiger charge is 2.06. The third-order valence-electron chi connectivity index (χ3n) is 3.38. The first-order valence-corrected chi connectivity index (χ1v) is 6.82. The van der Waals surface area contributed by atoms with Gasteiger partial charge in [-0.1, -0.05) is 47.2 Å². The molecule has 0 aliphatic carbocycles. The Hall–Kier alpha value is -3.02. The number of nitro groups is 1.